The number of pyridine rings is 2. The van der Waals surface area contributed by atoms with Gasteiger partial charge in [-0.1, -0.05) is 12.1 Å². The highest BCUT2D eigenvalue weighted by Gasteiger charge is 2.43. The normalized spacial score (nSPS) is 16.3. The summed E-state index contributed by atoms with van der Waals surface area (Å²) in [6, 6.07) is 12.1. The molecular formula is C47H53F3N6O12. The molecule has 0 aliphatic carbocycles. The molecule has 0 saturated carbocycles. The number of alkyl halides is 3. The molecule has 2 saturated heterocycles. The molecule has 2 aromatic carbocycles. The Bertz CT molecular complexity index is 2400. The molecular weight excluding hydrogens is 898 g/mol. The molecule has 18 nitrogen and oxygen atoms in total. The van der Waals surface area contributed by atoms with Gasteiger partial charge in [0.05, 0.1) is 90.1 Å². The number of aromatic nitrogens is 2. The van der Waals surface area contributed by atoms with Crippen molar-refractivity contribution in [2.24, 2.45) is 0 Å². The lowest BCUT2D eigenvalue weighted by atomic mass is 10.0. The molecule has 4 amide bonds. The van der Waals surface area contributed by atoms with Gasteiger partial charge in [-0.15, -0.1) is 0 Å². The van der Waals surface area contributed by atoms with Crippen LogP contribution in [0.5, 0.6) is 11.6 Å². The van der Waals surface area contributed by atoms with Crippen molar-refractivity contribution in [3.05, 3.63) is 94.9 Å². The molecule has 7 rings (SSSR count). The van der Waals surface area contributed by atoms with Crippen molar-refractivity contribution < 1.29 is 70.6 Å². The molecule has 2 N–H and O–H groups in total. The Hall–Kier alpha value is -6.23. The minimum atomic E-state index is -4.58. The van der Waals surface area contributed by atoms with Crippen molar-refractivity contribution >= 4 is 35.0 Å². The van der Waals surface area contributed by atoms with Gasteiger partial charge < -0.3 is 53.4 Å². The lowest BCUT2D eigenvalue weighted by Gasteiger charge is -2.34. The monoisotopic (exact) mass is 950 g/mol. The van der Waals surface area contributed by atoms with E-state index in [1.807, 2.05) is 6.07 Å². The molecule has 0 spiro atoms. The Balaban J connectivity index is 0.770. The summed E-state index contributed by atoms with van der Waals surface area (Å²) in [5, 5.41) is 12.1. The van der Waals surface area contributed by atoms with Gasteiger partial charge in [0, 0.05) is 59.2 Å². The smallest absolute Gasteiger partial charge is 0.416 e. The van der Waals surface area contributed by atoms with Crippen LogP contribution in [0.15, 0.2) is 67.0 Å². The summed E-state index contributed by atoms with van der Waals surface area (Å²) < 4.78 is 79.8. The van der Waals surface area contributed by atoms with E-state index in [0.29, 0.717) is 111 Å². The van der Waals surface area contributed by atoms with Gasteiger partial charge in [0.2, 0.25) is 11.8 Å². The topological polar surface area (TPSA) is 201 Å². The van der Waals surface area contributed by atoms with Crippen molar-refractivity contribution in [2.75, 3.05) is 109 Å². The highest BCUT2D eigenvalue weighted by Crippen LogP contribution is 2.36. The number of halogens is 3. The zero-order valence-electron chi connectivity index (χ0n) is 37.5. The quantitative estimate of drug-likeness (QED) is 0.0777. The summed E-state index contributed by atoms with van der Waals surface area (Å²) in [5.74, 6) is -1.16. The maximum Gasteiger partial charge on any atom is 0.416 e. The first-order valence-corrected chi connectivity index (χ1v) is 22.2. The first-order chi connectivity index (χ1) is 32.9. The first-order valence-electron chi connectivity index (χ1n) is 22.2. The van der Waals surface area contributed by atoms with Crippen LogP contribution >= 0.6 is 0 Å². The number of anilines is 2. The third-order valence-electron chi connectivity index (χ3n) is 11.3. The summed E-state index contributed by atoms with van der Waals surface area (Å²) >= 11 is 0. The van der Waals surface area contributed by atoms with E-state index in [0.717, 1.165) is 22.7 Å². The number of aliphatic hydroxyl groups excluding tert-OH is 1. The highest BCUT2D eigenvalue weighted by molar-refractivity contribution is 6.06. The van der Waals surface area contributed by atoms with Crippen LogP contribution in [0.25, 0.3) is 11.1 Å². The van der Waals surface area contributed by atoms with Crippen LogP contribution in [0.2, 0.25) is 0 Å². The van der Waals surface area contributed by atoms with Gasteiger partial charge in [0.25, 0.3) is 17.7 Å². The number of hydrogen-bond donors (Lipinski definition) is 2. The fraction of sp³-hybridized carbons (Fsp3) is 0.447. The molecule has 1 atom stereocenters. The number of ether oxygens (including phenoxy) is 7. The Labute approximate surface area is 390 Å². The third-order valence-corrected chi connectivity index (χ3v) is 11.3. The number of amides is 4. The number of hydrogen-bond acceptors (Lipinski definition) is 15. The van der Waals surface area contributed by atoms with Crippen LogP contribution in [0.1, 0.15) is 50.4 Å². The summed E-state index contributed by atoms with van der Waals surface area (Å²) in [6.07, 6.45) is -1.24. The van der Waals surface area contributed by atoms with E-state index in [2.05, 4.69) is 20.2 Å². The lowest BCUT2D eigenvalue weighted by molar-refractivity contribution is -0.156. The van der Waals surface area contributed by atoms with Crippen molar-refractivity contribution in [1.29, 1.82) is 0 Å². The second-order valence-electron chi connectivity index (χ2n) is 15.8. The van der Waals surface area contributed by atoms with E-state index in [-0.39, 0.29) is 57.3 Å². The Morgan fingerprint density at radius 2 is 1.49 bits per heavy atom. The van der Waals surface area contributed by atoms with Crippen molar-refractivity contribution in [1.82, 2.24) is 19.8 Å². The van der Waals surface area contributed by atoms with E-state index < -0.39 is 42.2 Å². The maximum absolute atomic E-state index is 13.2. The fourth-order valence-corrected chi connectivity index (χ4v) is 7.81. The lowest BCUT2D eigenvalue weighted by Crippen LogP contribution is -2.54. The Kier molecular flexibility index (Phi) is 17.3. The number of aliphatic hydroxyl groups is 1. The zero-order valence-corrected chi connectivity index (χ0v) is 37.5. The number of piperidine rings is 1. The molecule has 364 valence electrons. The van der Waals surface area contributed by atoms with Crippen LogP contribution in [0.3, 0.4) is 0 Å². The van der Waals surface area contributed by atoms with Crippen LogP contribution in [0, 0.1) is 6.92 Å². The summed E-state index contributed by atoms with van der Waals surface area (Å²) in [4.78, 5) is 64.2. The Morgan fingerprint density at radius 3 is 2.16 bits per heavy atom. The number of likely N-dealkylation sites (tertiary alicyclic amines) is 1. The van der Waals surface area contributed by atoms with E-state index >= 15 is 0 Å². The SMILES string of the molecule is Cc1ncc(NC(=O)c2cccc(C(F)(F)F)c2)cc1-c1cnc(OCCOCCOCCOCCOCCOc2cccc3c2CN(C2CCC(=O)N(CO)C2=O)C3=O)c(N2CCOCC2)c1. The zero-order chi connectivity index (χ0) is 48.0. The molecule has 1 unspecified atom stereocenters. The molecule has 0 bridgehead atoms. The number of rotatable bonds is 23. The van der Waals surface area contributed by atoms with Gasteiger partial charge in [-0.25, -0.2) is 4.98 Å². The Morgan fingerprint density at radius 1 is 0.824 bits per heavy atom. The van der Waals surface area contributed by atoms with Crippen molar-refractivity contribution in [3.63, 3.8) is 0 Å². The van der Waals surface area contributed by atoms with Gasteiger partial charge in [0.1, 0.15) is 37.4 Å². The van der Waals surface area contributed by atoms with Crippen molar-refractivity contribution in [3.8, 4) is 22.8 Å². The van der Waals surface area contributed by atoms with Gasteiger partial charge in [-0.05, 0) is 55.8 Å². The van der Waals surface area contributed by atoms with Crippen molar-refractivity contribution in [2.45, 2.75) is 38.5 Å². The number of nitrogens with one attached hydrogen (secondary N) is 1. The molecule has 0 radical (unpaired) electrons. The molecule has 4 aromatic rings. The second-order valence-corrected chi connectivity index (χ2v) is 15.8. The molecule has 2 aromatic heterocycles. The van der Waals surface area contributed by atoms with Crippen LogP contribution in [-0.4, -0.2) is 154 Å². The second kappa shape index (κ2) is 23.7. The molecule has 5 heterocycles. The first kappa shape index (κ1) is 49.7. The number of nitrogens with zero attached hydrogens (tertiary/aromatic N) is 5. The van der Waals surface area contributed by atoms with Crippen LogP contribution in [0.4, 0.5) is 24.5 Å². The number of imide groups is 1. The van der Waals surface area contributed by atoms with Crippen LogP contribution < -0.4 is 19.7 Å². The predicted molar refractivity (Wildman–Crippen MR) is 237 cm³/mol. The van der Waals surface area contributed by atoms with Crippen LogP contribution in [-0.2, 0) is 46.0 Å². The summed E-state index contributed by atoms with van der Waals surface area (Å²) in [7, 11) is 0. The largest absolute Gasteiger partial charge is 0.491 e. The summed E-state index contributed by atoms with van der Waals surface area (Å²) in [6.45, 7) is 6.59. The highest BCUT2D eigenvalue weighted by atomic mass is 19.4. The fourth-order valence-electron chi connectivity index (χ4n) is 7.81. The molecule has 21 heteroatoms. The minimum absolute atomic E-state index is 0.0629. The number of benzene rings is 2. The average molecular weight is 951 g/mol. The number of carbonyl (C=O) groups excluding carboxylic acids is 4. The van der Waals surface area contributed by atoms with E-state index in [1.54, 1.807) is 37.4 Å². The standard InChI is InChI=1S/C47H53F3N6O12/c1-31-37(26-35(28-51-31)53-43(59)32-4-2-5-34(24-32)47(48,49)50)33-25-40(54-10-12-62-13-11-54)44(52-27-33)68-23-21-66-19-17-64-15-14-63-16-18-65-20-22-67-41-7-3-6-36-38(41)29-55(45(36)60)39-8-9-42(58)56(30-57)46(39)61/h2-7,24-28,39,57H,8-23,29-30H2,1H3,(H,53,59). The number of aryl methyl sites for hydroxylation is 1. The van der Waals surface area contributed by atoms with E-state index in [4.69, 9.17) is 33.2 Å². The van der Waals surface area contributed by atoms with E-state index in [9.17, 15) is 37.5 Å². The van der Waals surface area contributed by atoms with Gasteiger partial charge in [-0.2, -0.15) is 13.2 Å². The average Bonchev–Trinajstić information content (AvgIpc) is 3.68. The molecule has 2 fully saturated rings. The number of carbonyl (C=O) groups is 4. The minimum Gasteiger partial charge on any atom is -0.491 e. The van der Waals surface area contributed by atoms with E-state index in [1.165, 1.54) is 23.2 Å². The third kappa shape index (κ3) is 12.6. The summed E-state index contributed by atoms with van der Waals surface area (Å²) in [5.41, 5.74) is 3.09. The number of fused-ring (bicyclic) bond motifs is 1. The number of morpholine rings is 1. The molecule has 3 aliphatic rings. The maximum atomic E-state index is 13.2. The van der Waals surface area contributed by atoms with Gasteiger partial charge in [-0.3, -0.25) is 29.1 Å². The molecule has 3 aliphatic heterocycles. The van der Waals surface area contributed by atoms with Gasteiger partial charge in [0.15, 0.2) is 0 Å². The predicted octanol–water partition coefficient (Wildman–Crippen LogP) is 4.51. The van der Waals surface area contributed by atoms with Gasteiger partial charge >= 0.3 is 6.18 Å². The molecule has 68 heavy (non-hydrogen) atoms.